The molecule has 1 aromatic heterocycles. The first-order valence-electron chi connectivity index (χ1n) is 9.47. The molecule has 168 valence electrons. The molecule has 0 fully saturated rings. The van der Waals surface area contributed by atoms with Crippen molar-refractivity contribution in [1.29, 1.82) is 0 Å². The van der Waals surface area contributed by atoms with Gasteiger partial charge in [-0.2, -0.15) is 0 Å². The molecule has 0 radical (unpaired) electrons. The molecule has 0 bridgehead atoms. The maximum Gasteiger partial charge on any atom is 0.271 e. The lowest BCUT2D eigenvalue weighted by molar-refractivity contribution is -0.384. The summed E-state index contributed by atoms with van der Waals surface area (Å²) >= 11 is 0. The monoisotopic (exact) mass is 467 g/mol. The lowest BCUT2D eigenvalue weighted by atomic mass is 10.2. The van der Waals surface area contributed by atoms with Gasteiger partial charge in [0.1, 0.15) is 12.1 Å². The number of carbonyl (C=O) groups excluding carboxylic acids is 1. The van der Waals surface area contributed by atoms with Crippen LogP contribution in [-0.2, 0) is 10.0 Å². The minimum atomic E-state index is -4.11. The van der Waals surface area contributed by atoms with Crippen LogP contribution in [-0.4, -0.2) is 36.0 Å². The Morgan fingerprint density at radius 1 is 1.09 bits per heavy atom. The number of hydrogen-bond acceptors (Lipinski definition) is 7. The highest BCUT2D eigenvalue weighted by Gasteiger charge is 2.20. The molecule has 33 heavy (non-hydrogen) atoms. The van der Waals surface area contributed by atoms with Gasteiger partial charge in [-0.1, -0.05) is 12.1 Å². The van der Waals surface area contributed by atoms with E-state index in [0.717, 1.165) is 6.07 Å². The third kappa shape index (κ3) is 4.45. The smallest absolute Gasteiger partial charge is 0.271 e. The van der Waals surface area contributed by atoms with Crippen LogP contribution in [0.15, 0.2) is 78.0 Å². The number of nitrogens with zero attached hydrogens (tertiary/aromatic N) is 3. The van der Waals surface area contributed by atoms with E-state index in [2.05, 4.69) is 15.1 Å². The van der Waals surface area contributed by atoms with E-state index in [1.165, 1.54) is 54.5 Å². The minimum absolute atomic E-state index is 0.0829. The van der Waals surface area contributed by atoms with Crippen molar-refractivity contribution >= 4 is 38.3 Å². The molecule has 0 aliphatic carbocycles. The van der Waals surface area contributed by atoms with Crippen molar-refractivity contribution in [1.82, 2.24) is 9.66 Å². The molecule has 0 saturated heterocycles. The number of anilines is 1. The number of ether oxygens (including phenoxy) is 1. The van der Waals surface area contributed by atoms with Crippen molar-refractivity contribution in [2.24, 2.45) is 0 Å². The lowest BCUT2D eigenvalue weighted by Gasteiger charge is -2.12. The number of non-ortho nitro benzene ring substituents is 1. The number of imidazole rings is 1. The van der Waals surface area contributed by atoms with Crippen LogP contribution in [0.5, 0.6) is 5.75 Å². The number of fused-ring (bicyclic) bond motifs is 1. The highest BCUT2D eigenvalue weighted by atomic mass is 32.2. The van der Waals surface area contributed by atoms with Gasteiger partial charge in [0.05, 0.1) is 33.6 Å². The fraction of sp³-hybridized carbons (Fsp3) is 0.0476. The van der Waals surface area contributed by atoms with E-state index >= 15 is 0 Å². The highest BCUT2D eigenvalue weighted by Crippen LogP contribution is 2.30. The first-order chi connectivity index (χ1) is 15.8. The maximum absolute atomic E-state index is 12.8. The maximum atomic E-state index is 12.8. The number of hydrogen-bond donors (Lipinski definition) is 2. The molecular formula is C21H17N5O6S. The number of nitro groups is 1. The normalized spacial score (nSPS) is 11.2. The van der Waals surface area contributed by atoms with Gasteiger partial charge in [-0.05, 0) is 42.5 Å². The van der Waals surface area contributed by atoms with Gasteiger partial charge in [0, 0.05) is 17.7 Å². The topological polar surface area (TPSA) is 145 Å². The van der Waals surface area contributed by atoms with Crippen LogP contribution in [0.4, 0.5) is 11.4 Å². The second-order valence-electron chi connectivity index (χ2n) is 6.82. The molecule has 0 saturated carbocycles. The third-order valence-corrected chi connectivity index (χ3v) is 6.12. The summed E-state index contributed by atoms with van der Waals surface area (Å²) in [5.74, 6) is -0.344. The number of rotatable bonds is 7. The summed E-state index contributed by atoms with van der Waals surface area (Å²) in [5.41, 5.74) is 3.94. The third-order valence-electron chi connectivity index (χ3n) is 4.74. The summed E-state index contributed by atoms with van der Waals surface area (Å²) in [6.45, 7) is 0. The zero-order valence-corrected chi connectivity index (χ0v) is 17.9. The van der Waals surface area contributed by atoms with Crippen molar-refractivity contribution in [3.63, 3.8) is 0 Å². The van der Waals surface area contributed by atoms with Crippen LogP contribution < -0.4 is 14.9 Å². The zero-order chi connectivity index (χ0) is 23.6. The van der Waals surface area contributed by atoms with Crippen LogP contribution in [0.3, 0.4) is 0 Å². The molecule has 0 atom stereocenters. The number of benzene rings is 3. The predicted molar refractivity (Wildman–Crippen MR) is 120 cm³/mol. The van der Waals surface area contributed by atoms with Gasteiger partial charge >= 0.3 is 0 Å². The standard InChI is InChI=1S/C21H17N5O6S/c1-32-20-11-8-15(26(28)29)12-18(20)24-33(30,31)16-9-6-14(7-10-16)21(27)23-25-13-22-17-4-2-3-5-19(17)25/h2-13,24H,1H3,(H,23,27). The number of amides is 1. The van der Waals surface area contributed by atoms with Crippen molar-refractivity contribution in [3.05, 3.63) is 88.7 Å². The minimum Gasteiger partial charge on any atom is -0.495 e. The van der Waals surface area contributed by atoms with E-state index in [0.29, 0.717) is 11.0 Å². The van der Waals surface area contributed by atoms with Crippen LogP contribution in [0.1, 0.15) is 10.4 Å². The van der Waals surface area contributed by atoms with E-state index in [4.69, 9.17) is 4.74 Å². The molecule has 1 heterocycles. The van der Waals surface area contributed by atoms with Gasteiger partial charge < -0.3 is 4.74 Å². The Bertz CT molecular complexity index is 1460. The zero-order valence-electron chi connectivity index (χ0n) is 17.1. The molecule has 1 amide bonds. The van der Waals surface area contributed by atoms with Gasteiger partial charge in [-0.3, -0.25) is 25.1 Å². The quantitative estimate of drug-likeness (QED) is 0.314. The Balaban J connectivity index is 1.54. The molecule has 3 aromatic carbocycles. The second-order valence-corrected chi connectivity index (χ2v) is 8.50. The lowest BCUT2D eigenvalue weighted by Crippen LogP contribution is -2.22. The Labute approximate surface area is 187 Å². The molecule has 0 spiro atoms. The van der Waals surface area contributed by atoms with Gasteiger partial charge in [-0.15, -0.1) is 0 Å². The highest BCUT2D eigenvalue weighted by molar-refractivity contribution is 7.92. The predicted octanol–water partition coefficient (Wildman–Crippen LogP) is 3.14. The number of nitrogens with one attached hydrogen (secondary N) is 2. The first-order valence-corrected chi connectivity index (χ1v) is 11.0. The molecule has 4 rings (SSSR count). The summed E-state index contributed by atoms with van der Waals surface area (Å²) in [4.78, 5) is 27.0. The summed E-state index contributed by atoms with van der Waals surface area (Å²) in [7, 11) is -2.79. The summed E-state index contributed by atoms with van der Waals surface area (Å²) in [6.07, 6.45) is 1.47. The molecule has 0 unspecified atom stereocenters. The summed E-state index contributed by atoms with van der Waals surface area (Å²) in [5, 5.41) is 11.0. The average molecular weight is 467 g/mol. The molecule has 11 nitrogen and oxygen atoms in total. The molecule has 12 heteroatoms. The van der Waals surface area contributed by atoms with Gasteiger partial charge in [-0.25, -0.2) is 18.1 Å². The Hall–Kier alpha value is -4.45. The summed E-state index contributed by atoms with van der Waals surface area (Å²) < 4.78 is 34.4. The van der Waals surface area contributed by atoms with Crippen LogP contribution in [0.25, 0.3) is 11.0 Å². The van der Waals surface area contributed by atoms with E-state index in [9.17, 15) is 23.3 Å². The van der Waals surface area contributed by atoms with Crippen molar-refractivity contribution < 1.29 is 22.9 Å². The van der Waals surface area contributed by atoms with E-state index < -0.39 is 20.9 Å². The first kappa shape index (κ1) is 21.8. The van der Waals surface area contributed by atoms with E-state index in [1.54, 1.807) is 12.1 Å². The number of para-hydroxylation sites is 2. The number of nitro benzene ring substituents is 1. The Morgan fingerprint density at radius 2 is 1.82 bits per heavy atom. The molecule has 2 N–H and O–H groups in total. The number of aromatic nitrogens is 2. The molecule has 0 aliphatic heterocycles. The fourth-order valence-electron chi connectivity index (χ4n) is 3.10. The number of sulfonamides is 1. The second kappa shape index (κ2) is 8.59. The largest absolute Gasteiger partial charge is 0.495 e. The number of methoxy groups -OCH3 is 1. The molecule has 0 aliphatic rings. The number of carbonyl (C=O) groups is 1. The van der Waals surface area contributed by atoms with Crippen molar-refractivity contribution in [2.75, 3.05) is 17.3 Å². The van der Waals surface area contributed by atoms with E-state index in [-0.39, 0.29) is 27.6 Å². The average Bonchev–Trinajstić information content (AvgIpc) is 3.21. The van der Waals surface area contributed by atoms with Gasteiger partial charge in [0.25, 0.3) is 21.6 Å². The SMILES string of the molecule is COc1ccc([N+](=O)[O-])cc1NS(=O)(=O)c1ccc(C(=O)Nn2cnc3ccccc32)cc1. The van der Waals surface area contributed by atoms with Crippen LogP contribution >= 0.6 is 0 Å². The Morgan fingerprint density at radius 3 is 2.52 bits per heavy atom. The van der Waals surface area contributed by atoms with Crippen molar-refractivity contribution in [3.8, 4) is 5.75 Å². The van der Waals surface area contributed by atoms with Gasteiger partial charge in [0.15, 0.2) is 0 Å². The fourth-order valence-corrected chi connectivity index (χ4v) is 4.16. The van der Waals surface area contributed by atoms with Gasteiger partial charge in [0.2, 0.25) is 0 Å². The molecular weight excluding hydrogens is 450 g/mol. The van der Waals surface area contributed by atoms with Crippen LogP contribution in [0, 0.1) is 10.1 Å². The molecule has 4 aromatic rings. The van der Waals surface area contributed by atoms with Crippen molar-refractivity contribution in [2.45, 2.75) is 4.90 Å². The summed E-state index contributed by atoms with van der Waals surface area (Å²) in [6, 6.07) is 16.0. The van der Waals surface area contributed by atoms with Crippen LogP contribution in [0.2, 0.25) is 0 Å². The van der Waals surface area contributed by atoms with E-state index in [1.807, 2.05) is 12.1 Å². The Kier molecular flexibility index (Phi) is 5.67.